The van der Waals surface area contributed by atoms with E-state index >= 15 is 0 Å². The molecule has 2 N–H and O–H groups in total. The van der Waals surface area contributed by atoms with Gasteiger partial charge in [0, 0.05) is 10.1 Å². The number of hydrogen-bond acceptors (Lipinski definition) is 2. The van der Waals surface area contributed by atoms with Crippen LogP contribution >= 0.6 is 11.8 Å². The Bertz CT molecular complexity index is 364. The Kier molecular flexibility index (Phi) is 4.52. The molecule has 1 aliphatic rings. The van der Waals surface area contributed by atoms with Crippen molar-refractivity contribution >= 4 is 11.8 Å². The summed E-state index contributed by atoms with van der Waals surface area (Å²) in [6.45, 7) is 5.38. The van der Waals surface area contributed by atoms with Gasteiger partial charge in [-0.15, -0.1) is 11.8 Å². The number of benzene rings is 1. The minimum atomic E-state index is 0.705. The molecule has 3 atom stereocenters. The lowest BCUT2D eigenvalue weighted by Crippen LogP contribution is -2.31. The molecule has 1 aromatic carbocycles. The molecule has 2 heteroatoms. The highest BCUT2D eigenvalue weighted by molar-refractivity contribution is 8.00. The van der Waals surface area contributed by atoms with Gasteiger partial charge in [-0.2, -0.15) is 0 Å². The van der Waals surface area contributed by atoms with Crippen LogP contribution in [0, 0.1) is 18.8 Å². The van der Waals surface area contributed by atoms with Crippen molar-refractivity contribution < 1.29 is 0 Å². The molecule has 1 saturated carbocycles. The quantitative estimate of drug-likeness (QED) is 0.880. The Morgan fingerprint density at radius 2 is 2.18 bits per heavy atom. The molecule has 0 amide bonds. The smallest absolute Gasteiger partial charge is 0.0137 e. The van der Waals surface area contributed by atoms with Gasteiger partial charge < -0.3 is 5.73 Å². The zero-order valence-corrected chi connectivity index (χ0v) is 11.7. The van der Waals surface area contributed by atoms with E-state index in [0.29, 0.717) is 11.2 Å². The first kappa shape index (κ1) is 13.0. The summed E-state index contributed by atoms with van der Waals surface area (Å²) in [5, 5.41) is 0.713. The van der Waals surface area contributed by atoms with Crippen LogP contribution in [0.25, 0.3) is 0 Å². The molecule has 2 rings (SSSR count). The second-order valence-electron chi connectivity index (χ2n) is 5.39. The van der Waals surface area contributed by atoms with Gasteiger partial charge in [0.05, 0.1) is 0 Å². The lowest BCUT2D eigenvalue weighted by atomic mass is 9.82. The fourth-order valence-corrected chi connectivity index (χ4v) is 4.29. The number of rotatable bonds is 3. The van der Waals surface area contributed by atoms with Gasteiger partial charge in [0.2, 0.25) is 0 Å². The monoisotopic (exact) mass is 249 g/mol. The molecule has 0 aromatic heterocycles. The molecule has 1 nitrogen and oxygen atoms in total. The molecule has 0 saturated heterocycles. The number of thioether (sulfide) groups is 1. The van der Waals surface area contributed by atoms with E-state index in [-0.39, 0.29) is 0 Å². The number of nitrogens with two attached hydrogens (primary N) is 1. The first-order chi connectivity index (χ1) is 8.19. The Balaban J connectivity index is 2.04. The fraction of sp³-hybridized carbons (Fsp3) is 0.600. The molecule has 3 unspecified atom stereocenters. The van der Waals surface area contributed by atoms with Crippen LogP contribution in [0.3, 0.4) is 0 Å². The summed E-state index contributed by atoms with van der Waals surface area (Å²) >= 11 is 2.04. The largest absolute Gasteiger partial charge is 0.330 e. The summed E-state index contributed by atoms with van der Waals surface area (Å²) in [4.78, 5) is 1.41. The maximum absolute atomic E-state index is 5.91. The molecular formula is C15H23NS. The van der Waals surface area contributed by atoms with E-state index in [1.54, 1.807) is 0 Å². The number of hydrogen-bond donors (Lipinski definition) is 1. The topological polar surface area (TPSA) is 26.0 Å². The molecular weight excluding hydrogens is 226 g/mol. The van der Waals surface area contributed by atoms with Crippen LogP contribution in [0.1, 0.15) is 31.7 Å². The highest BCUT2D eigenvalue weighted by atomic mass is 32.2. The first-order valence-corrected chi connectivity index (χ1v) is 7.50. The second kappa shape index (κ2) is 5.92. The normalized spacial score (nSPS) is 29.2. The maximum atomic E-state index is 5.91. The van der Waals surface area contributed by atoms with Crippen LogP contribution in [-0.4, -0.2) is 11.8 Å². The van der Waals surface area contributed by atoms with Gasteiger partial charge in [-0.05, 0) is 50.3 Å². The van der Waals surface area contributed by atoms with Crippen LogP contribution in [0.2, 0.25) is 0 Å². The molecule has 0 radical (unpaired) electrons. The highest BCUT2D eigenvalue weighted by Gasteiger charge is 2.28. The summed E-state index contributed by atoms with van der Waals surface area (Å²) in [5.74, 6) is 1.57. The molecule has 0 aliphatic heterocycles. The Hall–Kier alpha value is -0.470. The molecule has 0 bridgehead atoms. The molecule has 17 heavy (non-hydrogen) atoms. The van der Waals surface area contributed by atoms with E-state index in [1.807, 2.05) is 11.8 Å². The molecule has 1 aromatic rings. The minimum absolute atomic E-state index is 0.705. The van der Waals surface area contributed by atoms with Crippen LogP contribution in [-0.2, 0) is 0 Å². The van der Waals surface area contributed by atoms with Crippen LogP contribution in [0.5, 0.6) is 0 Å². The molecule has 0 heterocycles. The molecule has 94 valence electrons. The van der Waals surface area contributed by atoms with Gasteiger partial charge in [0.15, 0.2) is 0 Å². The number of aryl methyl sites for hydroxylation is 1. The van der Waals surface area contributed by atoms with E-state index in [9.17, 15) is 0 Å². The van der Waals surface area contributed by atoms with Crippen molar-refractivity contribution in [2.45, 2.75) is 43.3 Å². The summed E-state index contributed by atoms with van der Waals surface area (Å²) < 4.78 is 0. The Morgan fingerprint density at radius 3 is 2.88 bits per heavy atom. The summed E-state index contributed by atoms with van der Waals surface area (Å²) in [6.07, 6.45) is 3.98. The van der Waals surface area contributed by atoms with E-state index < -0.39 is 0 Å². The van der Waals surface area contributed by atoms with Gasteiger partial charge in [-0.25, -0.2) is 0 Å². The predicted octanol–water partition coefficient (Wildman–Crippen LogP) is 3.85. The van der Waals surface area contributed by atoms with Crippen LogP contribution < -0.4 is 5.73 Å². The average molecular weight is 249 g/mol. The first-order valence-electron chi connectivity index (χ1n) is 6.62. The van der Waals surface area contributed by atoms with E-state index in [1.165, 1.54) is 29.7 Å². The van der Waals surface area contributed by atoms with Crippen molar-refractivity contribution in [1.82, 2.24) is 0 Å². The third-order valence-corrected chi connectivity index (χ3v) is 5.18. The van der Waals surface area contributed by atoms with Gasteiger partial charge in [0.1, 0.15) is 0 Å². The van der Waals surface area contributed by atoms with Gasteiger partial charge in [0.25, 0.3) is 0 Å². The lowest BCUT2D eigenvalue weighted by Gasteiger charge is -2.33. The Morgan fingerprint density at radius 1 is 1.35 bits per heavy atom. The summed E-state index contributed by atoms with van der Waals surface area (Å²) in [6, 6.07) is 8.83. The minimum Gasteiger partial charge on any atom is -0.330 e. The summed E-state index contributed by atoms with van der Waals surface area (Å²) in [5.41, 5.74) is 7.26. The third-order valence-electron chi connectivity index (χ3n) is 3.77. The predicted molar refractivity (Wildman–Crippen MR) is 76.4 cm³/mol. The van der Waals surface area contributed by atoms with Gasteiger partial charge in [-0.3, -0.25) is 0 Å². The Labute approximate surface area is 109 Å². The van der Waals surface area contributed by atoms with Crippen molar-refractivity contribution in [2.75, 3.05) is 6.54 Å². The zero-order valence-electron chi connectivity index (χ0n) is 10.9. The van der Waals surface area contributed by atoms with Crippen molar-refractivity contribution in [3.63, 3.8) is 0 Å². The SMILES string of the molecule is Cc1cccc(SC2CC(C)CCC2CN)c1. The fourth-order valence-electron chi connectivity index (χ4n) is 2.67. The average Bonchev–Trinajstić information content (AvgIpc) is 2.29. The van der Waals surface area contributed by atoms with E-state index in [2.05, 4.69) is 38.1 Å². The second-order valence-corrected chi connectivity index (χ2v) is 6.70. The standard InChI is InChI=1S/C15H23NS/c1-11-4-3-5-14(8-11)17-15-9-12(2)6-7-13(15)10-16/h3-5,8,12-13,15H,6-7,9-10,16H2,1-2H3. The maximum Gasteiger partial charge on any atom is 0.0137 e. The van der Waals surface area contributed by atoms with Crippen molar-refractivity contribution in [3.8, 4) is 0 Å². The van der Waals surface area contributed by atoms with E-state index in [0.717, 1.165) is 12.5 Å². The summed E-state index contributed by atoms with van der Waals surface area (Å²) in [7, 11) is 0. The van der Waals surface area contributed by atoms with E-state index in [4.69, 9.17) is 5.73 Å². The van der Waals surface area contributed by atoms with Crippen LogP contribution in [0.4, 0.5) is 0 Å². The molecule has 1 fully saturated rings. The highest BCUT2D eigenvalue weighted by Crippen LogP contribution is 2.39. The zero-order chi connectivity index (χ0) is 12.3. The van der Waals surface area contributed by atoms with Crippen molar-refractivity contribution in [2.24, 2.45) is 17.6 Å². The van der Waals surface area contributed by atoms with Gasteiger partial charge >= 0.3 is 0 Å². The lowest BCUT2D eigenvalue weighted by molar-refractivity contribution is 0.306. The van der Waals surface area contributed by atoms with Crippen LogP contribution in [0.15, 0.2) is 29.2 Å². The van der Waals surface area contributed by atoms with Crippen molar-refractivity contribution in [3.05, 3.63) is 29.8 Å². The van der Waals surface area contributed by atoms with Crippen molar-refractivity contribution in [1.29, 1.82) is 0 Å². The third kappa shape index (κ3) is 3.49. The van der Waals surface area contributed by atoms with Gasteiger partial charge in [-0.1, -0.05) is 31.0 Å². The molecule has 1 aliphatic carbocycles. The molecule has 0 spiro atoms.